The maximum Gasteiger partial charge on any atom is 0.0408 e. The zero-order valence-electron chi connectivity index (χ0n) is 9.39. The van der Waals surface area contributed by atoms with Crippen LogP contribution in [-0.4, -0.2) is 7.05 Å². The highest BCUT2D eigenvalue weighted by atomic mass is 35.5. The summed E-state index contributed by atoms with van der Waals surface area (Å²) in [6.07, 6.45) is 4.08. The van der Waals surface area contributed by atoms with Crippen LogP contribution in [0.5, 0.6) is 0 Å². The van der Waals surface area contributed by atoms with Gasteiger partial charge >= 0.3 is 0 Å². The third-order valence-corrected chi connectivity index (χ3v) is 3.46. The van der Waals surface area contributed by atoms with Crippen LogP contribution in [0.2, 0.25) is 5.02 Å². The first kappa shape index (κ1) is 11.0. The molecule has 1 nitrogen and oxygen atoms in total. The first-order chi connectivity index (χ1) is 7.20. The van der Waals surface area contributed by atoms with Gasteiger partial charge in [-0.2, -0.15) is 0 Å². The fraction of sp³-hybridized carbons (Fsp3) is 0.538. The van der Waals surface area contributed by atoms with Crippen molar-refractivity contribution in [3.8, 4) is 0 Å². The Bertz CT molecular complexity index is 344. The van der Waals surface area contributed by atoms with Crippen LogP contribution in [0.1, 0.15) is 36.4 Å². The molecule has 1 atom stereocenters. The Labute approximate surface area is 96.8 Å². The maximum atomic E-state index is 5.96. The van der Waals surface area contributed by atoms with E-state index in [0.717, 1.165) is 10.9 Å². The molecule has 1 aromatic carbocycles. The van der Waals surface area contributed by atoms with Crippen molar-refractivity contribution in [2.45, 2.75) is 32.2 Å². The molecule has 1 saturated carbocycles. The van der Waals surface area contributed by atoms with Gasteiger partial charge in [-0.15, -0.1) is 0 Å². The second-order valence-corrected chi connectivity index (χ2v) is 4.96. The van der Waals surface area contributed by atoms with E-state index in [4.69, 9.17) is 11.6 Å². The molecule has 1 N–H and O–H groups in total. The smallest absolute Gasteiger partial charge is 0.0408 e. The van der Waals surface area contributed by atoms with Crippen LogP contribution in [-0.2, 0) is 0 Å². The van der Waals surface area contributed by atoms with Gasteiger partial charge in [-0.3, -0.25) is 0 Å². The molecule has 0 heterocycles. The van der Waals surface area contributed by atoms with Crippen molar-refractivity contribution in [2.75, 3.05) is 7.05 Å². The summed E-state index contributed by atoms with van der Waals surface area (Å²) in [5, 5.41) is 4.24. The van der Waals surface area contributed by atoms with Crippen LogP contribution in [0.3, 0.4) is 0 Å². The minimum Gasteiger partial charge on any atom is -0.313 e. The van der Waals surface area contributed by atoms with E-state index in [2.05, 4.69) is 18.3 Å². The summed E-state index contributed by atoms with van der Waals surface area (Å²) in [6.45, 7) is 2.14. The number of hydrogen-bond acceptors (Lipinski definition) is 1. The van der Waals surface area contributed by atoms with Crippen LogP contribution in [0.25, 0.3) is 0 Å². The standard InChI is InChI=1S/C13H18ClN/c1-9-7-11(14)5-6-12(9)13(15-2)8-10-3-4-10/h5-7,10,13,15H,3-4,8H2,1-2H3. The summed E-state index contributed by atoms with van der Waals surface area (Å²) < 4.78 is 0. The van der Waals surface area contributed by atoms with Gasteiger partial charge in [0, 0.05) is 11.1 Å². The van der Waals surface area contributed by atoms with Gasteiger partial charge in [-0.25, -0.2) is 0 Å². The summed E-state index contributed by atoms with van der Waals surface area (Å²) in [4.78, 5) is 0. The molecule has 0 bridgehead atoms. The largest absolute Gasteiger partial charge is 0.313 e. The summed E-state index contributed by atoms with van der Waals surface area (Å²) in [5.41, 5.74) is 2.69. The lowest BCUT2D eigenvalue weighted by molar-refractivity contribution is 0.512. The summed E-state index contributed by atoms with van der Waals surface area (Å²) in [5.74, 6) is 0.942. The van der Waals surface area contributed by atoms with Gasteiger partial charge in [0.05, 0.1) is 0 Å². The zero-order valence-corrected chi connectivity index (χ0v) is 10.1. The van der Waals surface area contributed by atoms with Crippen molar-refractivity contribution in [1.29, 1.82) is 0 Å². The minimum atomic E-state index is 0.495. The van der Waals surface area contributed by atoms with Gasteiger partial charge in [0.15, 0.2) is 0 Å². The van der Waals surface area contributed by atoms with Crippen LogP contribution in [0, 0.1) is 12.8 Å². The van der Waals surface area contributed by atoms with E-state index in [0.29, 0.717) is 6.04 Å². The molecule has 1 fully saturated rings. The SMILES string of the molecule is CNC(CC1CC1)c1ccc(Cl)cc1C. The molecule has 1 unspecified atom stereocenters. The molecule has 15 heavy (non-hydrogen) atoms. The lowest BCUT2D eigenvalue weighted by atomic mass is 9.97. The Kier molecular flexibility index (Phi) is 3.32. The zero-order chi connectivity index (χ0) is 10.8. The molecule has 0 radical (unpaired) electrons. The van der Waals surface area contributed by atoms with Crippen molar-refractivity contribution >= 4 is 11.6 Å². The van der Waals surface area contributed by atoms with Crippen LogP contribution >= 0.6 is 11.6 Å². The molecule has 2 rings (SSSR count). The molecule has 0 amide bonds. The highest BCUT2D eigenvalue weighted by Crippen LogP contribution is 2.38. The maximum absolute atomic E-state index is 5.96. The Morgan fingerprint density at radius 2 is 2.20 bits per heavy atom. The highest BCUT2D eigenvalue weighted by molar-refractivity contribution is 6.30. The Morgan fingerprint density at radius 3 is 2.73 bits per heavy atom. The average molecular weight is 224 g/mol. The van der Waals surface area contributed by atoms with E-state index in [1.807, 2.05) is 19.2 Å². The molecule has 2 heteroatoms. The molecular weight excluding hydrogens is 206 g/mol. The third-order valence-electron chi connectivity index (χ3n) is 3.22. The number of benzene rings is 1. The van der Waals surface area contributed by atoms with Crippen molar-refractivity contribution < 1.29 is 0 Å². The number of rotatable bonds is 4. The van der Waals surface area contributed by atoms with Gasteiger partial charge in [0.25, 0.3) is 0 Å². The van der Waals surface area contributed by atoms with E-state index in [1.165, 1.54) is 30.4 Å². The van der Waals surface area contributed by atoms with Crippen molar-refractivity contribution in [2.24, 2.45) is 5.92 Å². The topological polar surface area (TPSA) is 12.0 Å². The fourth-order valence-electron chi connectivity index (χ4n) is 2.12. The first-order valence-electron chi connectivity index (χ1n) is 5.64. The number of aryl methyl sites for hydroxylation is 1. The molecule has 1 aliphatic carbocycles. The third kappa shape index (κ3) is 2.73. The van der Waals surface area contributed by atoms with Gasteiger partial charge in [-0.1, -0.05) is 30.5 Å². The molecule has 1 aliphatic rings. The second-order valence-electron chi connectivity index (χ2n) is 4.52. The van der Waals surface area contributed by atoms with Crippen LogP contribution in [0.4, 0.5) is 0 Å². The minimum absolute atomic E-state index is 0.495. The van der Waals surface area contributed by atoms with E-state index in [-0.39, 0.29) is 0 Å². The number of nitrogens with one attached hydrogen (secondary N) is 1. The predicted octanol–water partition coefficient (Wildman–Crippen LogP) is 3.71. The van der Waals surface area contributed by atoms with Gasteiger partial charge in [0.2, 0.25) is 0 Å². The summed E-state index contributed by atoms with van der Waals surface area (Å²) in [7, 11) is 2.04. The van der Waals surface area contributed by atoms with E-state index in [9.17, 15) is 0 Å². The molecule has 1 aromatic rings. The molecule has 0 saturated heterocycles. The van der Waals surface area contributed by atoms with Crippen molar-refractivity contribution in [3.05, 3.63) is 34.3 Å². The van der Waals surface area contributed by atoms with Gasteiger partial charge in [-0.05, 0) is 49.6 Å². The summed E-state index contributed by atoms with van der Waals surface area (Å²) in [6, 6.07) is 6.69. The molecule has 0 spiro atoms. The van der Waals surface area contributed by atoms with Crippen molar-refractivity contribution in [1.82, 2.24) is 5.32 Å². The second kappa shape index (κ2) is 4.54. The number of halogens is 1. The Hall–Kier alpha value is -0.530. The van der Waals surface area contributed by atoms with Gasteiger partial charge in [0.1, 0.15) is 0 Å². The highest BCUT2D eigenvalue weighted by Gasteiger charge is 2.26. The van der Waals surface area contributed by atoms with E-state index >= 15 is 0 Å². The first-order valence-corrected chi connectivity index (χ1v) is 6.02. The Morgan fingerprint density at radius 1 is 1.47 bits per heavy atom. The fourth-order valence-corrected chi connectivity index (χ4v) is 2.34. The van der Waals surface area contributed by atoms with Crippen LogP contribution in [0.15, 0.2) is 18.2 Å². The van der Waals surface area contributed by atoms with Crippen LogP contribution < -0.4 is 5.32 Å². The van der Waals surface area contributed by atoms with Gasteiger partial charge < -0.3 is 5.32 Å². The molecule has 0 aromatic heterocycles. The lowest BCUT2D eigenvalue weighted by Crippen LogP contribution is -2.17. The quantitative estimate of drug-likeness (QED) is 0.821. The molecular formula is C13H18ClN. The molecule has 0 aliphatic heterocycles. The normalized spacial score (nSPS) is 17.8. The Balaban J connectivity index is 2.16. The predicted molar refractivity (Wildman–Crippen MR) is 65.3 cm³/mol. The lowest BCUT2D eigenvalue weighted by Gasteiger charge is -2.18. The van der Waals surface area contributed by atoms with E-state index in [1.54, 1.807) is 0 Å². The average Bonchev–Trinajstić information content (AvgIpc) is 2.99. The molecule has 82 valence electrons. The summed E-state index contributed by atoms with van der Waals surface area (Å²) >= 11 is 5.96. The van der Waals surface area contributed by atoms with E-state index < -0.39 is 0 Å². The monoisotopic (exact) mass is 223 g/mol. The number of hydrogen-bond donors (Lipinski definition) is 1. The van der Waals surface area contributed by atoms with Crippen molar-refractivity contribution in [3.63, 3.8) is 0 Å².